The van der Waals surface area contributed by atoms with Gasteiger partial charge in [-0.25, -0.2) is 0 Å². The fraction of sp³-hybridized carbons (Fsp3) is 0.800. The van der Waals surface area contributed by atoms with Crippen LogP contribution in [-0.4, -0.2) is 22.8 Å². The van der Waals surface area contributed by atoms with Crippen LogP contribution >= 0.6 is 0 Å². The lowest BCUT2D eigenvalue weighted by Gasteiger charge is -2.57. The number of hydrogen-bond acceptors (Lipinski definition) is 3. The summed E-state index contributed by atoms with van der Waals surface area (Å²) in [4.78, 5) is 12.0. The number of ether oxygens (including phenoxy) is 1. The third-order valence-electron chi connectivity index (χ3n) is 5.54. The van der Waals surface area contributed by atoms with Gasteiger partial charge in [0.15, 0.2) is 6.10 Å². The van der Waals surface area contributed by atoms with Crippen molar-refractivity contribution < 1.29 is 14.6 Å². The Labute approximate surface area is 108 Å². The highest BCUT2D eigenvalue weighted by atomic mass is 16.6. The van der Waals surface area contributed by atoms with Crippen molar-refractivity contribution in [1.29, 1.82) is 0 Å². The zero-order valence-corrected chi connectivity index (χ0v) is 11.3. The summed E-state index contributed by atoms with van der Waals surface area (Å²) in [5.41, 5.74) is 0.192. The quantitative estimate of drug-likeness (QED) is 0.530. The molecule has 1 saturated heterocycles. The SMILES string of the molecule is CC1=CC[C@H]2[C@H](C)CC[C@H]3[C@H](C)C(=O)O[C@H]1[C@@]23O. The van der Waals surface area contributed by atoms with E-state index >= 15 is 0 Å². The molecule has 3 aliphatic rings. The molecule has 0 spiro atoms. The largest absolute Gasteiger partial charge is 0.455 e. The van der Waals surface area contributed by atoms with Gasteiger partial charge in [0.1, 0.15) is 5.60 Å². The van der Waals surface area contributed by atoms with E-state index < -0.39 is 11.7 Å². The molecule has 3 heteroatoms. The fourth-order valence-electron chi connectivity index (χ4n) is 4.43. The number of carbonyl (C=O) groups is 1. The standard InChI is InChI=1S/C15H22O3/c1-8-4-7-12-10(3)14(16)18-13-9(2)5-6-11(8)15(12,13)17/h5,8,10-13,17H,4,6-7H2,1-3H3/t8-,10+,11+,12+,13-,15-/m1/s1. The molecule has 0 amide bonds. The number of aliphatic hydroxyl groups is 1. The number of hydrogen-bond donors (Lipinski definition) is 1. The maximum atomic E-state index is 12.0. The van der Waals surface area contributed by atoms with Gasteiger partial charge in [0, 0.05) is 5.92 Å². The van der Waals surface area contributed by atoms with Crippen molar-refractivity contribution in [3.05, 3.63) is 11.6 Å². The Morgan fingerprint density at radius 1 is 1.33 bits per heavy atom. The summed E-state index contributed by atoms with van der Waals surface area (Å²) in [7, 11) is 0. The number of allylic oxidation sites excluding steroid dienone is 1. The molecule has 1 saturated carbocycles. The summed E-state index contributed by atoms with van der Waals surface area (Å²) in [6, 6.07) is 0. The second-order valence-corrected chi connectivity index (χ2v) is 6.44. The number of rotatable bonds is 0. The van der Waals surface area contributed by atoms with E-state index in [1.807, 2.05) is 13.8 Å². The van der Waals surface area contributed by atoms with Crippen LogP contribution in [0.2, 0.25) is 0 Å². The minimum atomic E-state index is -0.830. The van der Waals surface area contributed by atoms with Gasteiger partial charge in [-0.15, -0.1) is 0 Å². The first-order valence-corrected chi connectivity index (χ1v) is 7.05. The summed E-state index contributed by atoms with van der Waals surface area (Å²) in [5.74, 6) is 0.487. The summed E-state index contributed by atoms with van der Waals surface area (Å²) >= 11 is 0. The highest BCUT2D eigenvalue weighted by Crippen LogP contribution is 2.54. The Balaban J connectivity index is 2.09. The molecule has 2 aliphatic carbocycles. The minimum absolute atomic E-state index is 0.0635. The molecule has 2 fully saturated rings. The van der Waals surface area contributed by atoms with Gasteiger partial charge in [-0.1, -0.05) is 19.9 Å². The average Bonchev–Trinajstić information content (AvgIpc) is 2.31. The van der Waals surface area contributed by atoms with Crippen molar-refractivity contribution in [3.8, 4) is 0 Å². The van der Waals surface area contributed by atoms with Crippen LogP contribution in [-0.2, 0) is 9.53 Å². The van der Waals surface area contributed by atoms with Crippen molar-refractivity contribution in [1.82, 2.24) is 0 Å². The van der Waals surface area contributed by atoms with Crippen LogP contribution in [0.4, 0.5) is 0 Å². The van der Waals surface area contributed by atoms with Crippen LogP contribution in [0.1, 0.15) is 40.0 Å². The van der Waals surface area contributed by atoms with E-state index in [4.69, 9.17) is 4.74 Å². The average molecular weight is 250 g/mol. The second-order valence-electron chi connectivity index (χ2n) is 6.44. The maximum Gasteiger partial charge on any atom is 0.309 e. The maximum absolute atomic E-state index is 12.0. The Morgan fingerprint density at radius 2 is 2.06 bits per heavy atom. The summed E-state index contributed by atoms with van der Waals surface area (Å²) in [5, 5.41) is 11.3. The molecule has 0 aromatic heterocycles. The third kappa shape index (κ3) is 1.37. The van der Waals surface area contributed by atoms with Gasteiger partial charge in [-0.05, 0) is 43.6 Å². The topological polar surface area (TPSA) is 46.5 Å². The molecule has 3 rings (SSSR count). The Hall–Kier alpha value is -0.830. The van der Waals surface area contributed by atoms with E-state index in [0.717, 1.165) is 24.8 Å². The van der Waals surface area contributed by atoms with Gasteiger partial charge in [-0.3, -0.25) is 4.79 Å². The van der Waals surface area contributed by atoms with Gasteiger partial charge in [0.05, 0.1) is 5.92 Å². The summed E-state index contributed by atoms with van der Waals surface area (Å²) in [6.45, 7) is 6.09. The normalized spacial score (nSPS) is 51.2. The molecule has 0 aromatic carbocycles. The van der Waals surface area contributed by atoms with Crippen LogP contribution in [0.15, 0.2) is 11.6 Å². The van der Waals surface area contributed by atoms with Crippen molar-refractivity contribution in [2.45, 2.75) is 51.7 Å². The molecule has 1 heterocycles. The van der Waals surface area contributed by atoms with Crippen LogP contribution in [0, 0.1) is 23.7 Å². The minimum Gasteiger partial charge on any atom is -0.455 e. The van der Waals surface area contributed by atoms with Gasteiger partial charge < -0.3 is 9.84 Å². The van der Waals surface area contributed by atoms with Crippen molar-refractivity contribution in [2.24, 2.45) is 23.7 Å². The molecule has 0 radical (unpaired) electrons. The van der Waals surface area contributed by atoms with Crippen molar-refractivity contribution in [2.75, 3.05) is 0 Å². The second kappa shape index (κ2) is 3.83. The lowest BCUT2D eigenvalue weighted by Crippen LogP contribution is -2.66. The zero-order valence-electron chi connectivity index (χ0n) is 11.3. The first kappa shape index (κ1) is 12.2. The predicted molar refractivity (Wildman–Crippen MR) is 67.7 cm³/mol. The number of esters is 1. The molecule has 0 unspecified atom stereocenters. The van der Waals surface area contributed by atoms with Crippen molar-refractivity contribution in [3.63, 3.8) is 0 Å². The summed E-state index contributed by atoms with van der Waals surface area (Å²) < 4.78 is 5.55. The van der Waals surface area contributed by atoms with E-state index in [-0.39, 0.29) is 23.7 Å². The van der Waals surface area contributed by atoms with Gasteiger partial charge >= 0.3 is 5.97 Å². The summed E-state index contributed by atoms with van der Waals surface area (Å²) in [6.07, 6.45) is 4.70. The Bertz CT molecular complexity index is 414. The van der Waals surface area contributed by atoms with E-state index in [1.54, 1.807) is 0 Å². The fourth-order valence-corrected chi connectivity index (χ4v) is 4.43. The van der Waals surface area contributed by atoms with E-state index in [2.05, 4.69) is 13.0 Å². The zero-order chi connectivity index (χ0) is 13.1. The predicted octanol–water partition coefficient (Wildman–Crippen LogP) is 2.29. The van der Waals surface area contributed by atoms with Crippen LogP contribution in [0.5, 0.6) is 0 Å². The monoisotopic (exact) mass is 250 g/mol. The lowest BCUT2D eigenvalue weighted by molar-refractivity contribution is -0.233. The van der Waals surface area contributed by atoms with Crippen LogP contribution in [0.3, 0.4) is 0 Å². The molecule has 6 atom stereocenters. The molecule has 0 aromatic rings. The van der Waals surface area contributed by atoms with E-state index in [1.165, 1.54) is 0 Å². The molecular formula is C15H22O3. The Morgan fingerprint density at radius 3 is 2.78 bits per heavy atom. The highest BCUT2D eigenvalue weighted by molar-refractivity contribution is 5.74. The van der Waals surface area contributed by atoms with Crippen LogP contribution in [0.25, 0.3) is 0 Å². The van der Waals surface area contributed by atoms with Gasteiger partial charge in [-0.2, -0.15) is 0 Å². The van der Waals surface area contributed by atoms with Crippen molar-refractivity contribution >= 4 is 5.97 Å². The number of carbonyl (C=O) groups excluding carboxylic acids is 1. The first-order chi connectivity index (χ1) is 8.46. The van der Waals surface area contributed by atoms with Gasteiger partial charge in [0.25, 0.3) is 0 Å². The first-order valence-electron chi connectivity index (χ1n) is 7.05. The Kier molecular flexibility index (Phi) is 2.60. The molecule has 1 N–H and O–H groups in total. The highest BCUT2D eigenvalue weighted by Gasteiger charge is 2.62. The van der Waals surface area contributed by atoms with E-state index in [9.17, 15) is 9.90 Å². The molecule has 0 bridgehead atoms. The van der Waals surface area contributed by atoms with E-state index in [0.29, 0.717) is 5.92 Å². The van der Waals surface area contributed by atoms with Crippen LogP contribution < -0.4 is 0 Å². The molecular weight excluding hydrogens is 228 g/mol. The lowest BCUT2D eigenvalue weighted by atomic mass is 9.54. The molecule has 1 aliphatic heterocycles. The molecule has 3 nitrogen and oxygen atoms in total. The molecule has 100 valence electrons. The third-order valence-corrected chi connectivity index (χ3v) is 5.54. The molecule has 18 heavy (non-hydrogen) atoms. The smallest absolute Gasteiger partial charge is 0.309 e. The van der Waals surface area contributed by atoms with Gasteiger partial charge in [0.2, 0.25) is 0 Å².